The highest BCUT2D eigenvalue weighted by molar-refractivity contribution is 5.80. The number of ether oxygens (including phenoxy) is 4. The number of nitrogens with zero attached hydrogens (tertiary/aromatic N) is 2. The number of hydrogen-bond acceptors (Lipinski definition) is 20. The van der Waals surface area contributed by atoms with Crippen molar-refractivity contribution in [3.8, 4) is 0 Å². The number of rotatable bonds is 14. The highest BCUT2D eigenvalue weighted by Gasteiger charge is 2.51. The lowest BCUT2D eigenvalue weighted by atomic mass is 9.82. The molecule has 0 aromatic rings. The van der Waals surface area contributed by atoms with Crippen molar-refractivity contribution in [1.82, 2.24) is 15.1 Å². The molecule has 0 saturated carbocycles. The van der Waals surface area contributed by atoms with Crippen molar-refractivity contribution in [2.24, 2.45) is 29.2 Å². The normalized spacial score (nSPS) is 39.7. The Bertz CT molecular complexity index is 1950. The molecule has 79 heavy (non-hydrogen) atoms. The summed E-state index contributed by atoms with van der Waals surface area (Å²) in [6.45, 7) is 9.50. The van der Waals surface area contributed by atoms with Gasteiger partial charge in [-0.2, -0.15) is 0 Å². The second-order valence-electron chi connectivity index (χ2n) is 21.9. The number of nitrogens with two attached hydrogens (primary N) is 2. The van der Waals surface area contributed by atoms with Gasteiger partial charge < -0.3 is 91.7 Å². The van der Waals surface area contributed by atoms with Gasteiger partial charge in [-0.1, -0.05) is 98.9 Å². The van der Waals surface area contributed by atoms with Crippen LogP contribution in [0.5, 0.6) is 0 Å². The third-order valence-electron chi connectivity index (χ3n) is 14.8. The third kappa shape index (κ3) is 25.2. The van der Waals surface area contributed by atoms with Crippen molar-refractivity contribution in [2.45, 2.75) is 196 Å². The molecule has 3 aliphatic heterocycles. The van der Waals surface area contributed by atoms with E-state index in [0.717, 1.165) is 0 Å². The van der Waals surface area contributed by atoms with E-state index in [9.17, 15) is 60.7 Å². The molecule has 1 unspecified atom stereocenters. The lowest BCUT2D eigenvalue weighted by Gasteiger charge is -2.48. The van der Waals surface area contributed by atoms with Crippen LogP contribution in [-0.2, 0) is 28.5 Å². The molecule has 0 radical (unpaired) electrons. The van der Waals surface area contributed by atoms with E-state index >= 15 is 0 Å². The van der Waals surface area contributed by atoms with Gasteiger partial charge in [0.25, 0.3) is 0 Å². The molecule has 3 rings (SSSR count). The van der Waals surface area contributed by atoms with Crippen LogP contribution in [0.3, 0.4) is 0 Å². The highest BCUT2D eigenvalue weighted by Crippen LogP contribution is 2.38. The first-order valence-electron chi connectivity index (χ1n) is 28.3. The van der Waals surface area contributed by atoms with Crippen LogP contribution in [0.2, 0.25) is 0 Å². The molecule has 3 aliphatic rings. The van der Waals surface area contributed by atoms with Gasteiger partial charge in [0.05, 0.1) is 85.5 Å². The summed E-state index contributed by atoms with van der Waals surface area (Å²) >= 11 is 0. The number of hydrogen-bond donors (Lipinski definition) is 13. The summed E-state index contributed by atoms with van der Waals surface area (Å²) in [6, 6.07) is -0.845. The standard InChI is InChI=1S/C58H99N5O16/c1-38-22-17-15-13-11-9-7-8-10-12-14-16-18-23-45(78-57-55(73)52(54(72)41(4)77-57)63(30-19-26-59)31-20-27-60)35-49-51(56(74)61-28-21-29-62(5)6)48(69)37-58(75,79-49)36-44(66)33-47(68)46(67)25-24-42(64)32-43(65)34-50(70)76-40(3)39(2)53(38)71/h7-18,22-23,38-49,51-55,57,64-69,71-73,75H,19-21,24-37,59-60H2,1-6H3,(H,61,74)/b8-7+,11-9+,12-10+,15-13+,16-14+,22-17+,23-18+/t38-,39-,40-,41+,42+,43+,44-,45-,46+,47+,48-,49?,51+,52-,53+,54+,55-,57-,58+/m0/s1. The summed E-state index contributed by atoms with van der Waals surface area (Å²) in [5.74, 6) is -5.57. The van der Waals surface area contributed by atoms with Crippen LogP contribution < -0.4 is 16.8 Å². The van der Waals surface area contributed by atoms with Crippen LogP contribution in [0.15, 0.2) is 85.1 Å². The number of allylic oxidation sites excluding steroid dienone is 12. The van der Waals surface area contributed by atoms with Gasteiger partial charge in [0.15, 0.2) is 12.1 Å². The van der Waals surface area contributed by atoms with Crippen molar-refractivity contribution in [1.29, 1.82) is 0 Å². The number of esters is 1. The van der Waals surface area contributed by atoms with Gasteiger partial charge in [-0.15, -0.1) is 0 Å². The molecule has 3 heterocycles. The Morgan fingerprint density at radius 1 is 0.671 bits per heavy atom. The fourth-order valence-electron chi connectivity index (χ4n) is 10.1. The summed E-state index contributed by atoms with van der Waals surface area (Å²) in [5.41, 5.74) is 11.7. The fourth-order valence-corrected chi connectivity index (χ4v) is 10.1. The summed E-state index contributed by atoms with van der Waals surface area (Å²) in [4.78, 5) is 30.7. The molecule has 0 spiro atoms. The van der Waals surface area contributed by atoms with Crippen LogP contribution in [0.1, 0.15) is 98.3 Å². The van der Waals surface area contributed by atoms with E-state index in [1.165, 1.54) is 0 Å². The Hall–Kier alpha value is -3.56. The van der Waals surface area contributed by atoms with Crippen molar-refractivity contribution in [3.63, 3.8) is 0 Å². The van der Waals surface area contributed by atoms with Crippen LogP contribution in [0.4, 0.5) is 0 Å². The number of cyclic esters (lactones) is 1. The molecule has 19 atom stereocenters. The van der Waals surface area contributed by atoms with Crippen molar-refractivity contribution >= 4 is 11.9 Å². The molecule has 1 amide bonds. The topological polar surface area (TPSA) is 344 Å². The first-order chi connectivity index (χ1) is 37.5. The van der Waals surface area contributed by atoms with Gasteiger partial charge in [0.2, 0.25) is 5.91 Å². The third-order valence-corrected chi connectivity index (χ3v) is 14.8. The minimum absolute atomic E-state index is 0.0956. The number of aliphatic hydroxyl groups excluding tert-OH is 9. The molecule has 15 N–H and O–H groups in total. The quantitative estimate of drug-likeness (QED) is 0.0842. The molecule has 21 heteroatoms. The zero-order valence-electron chi connectivity index (χ0n) is 47.5. The van der Waals surface area contributed by atoms with Crippen LogP contribution in [-0.4, -0.2) is 224 Å². The Balaban J connectivity index is 2.02. The number of nitrogens with one attached hydrogen (secondary N) is 1. The Morgan fingerprint density at radius 3 is 1.84 bits per heavy atom. The van der Waals surface area contributed by atoms with Gasteiger partial charge in [-0.05, 0) is 99.2 Å². The van der Waals surface area contributed by atoms with E-state index in [1.807, 2.05) is 85.5 Å². The van der Waals surface area contributed by atoms with Crippen molar-refractivity contribution < 1.29 is 79.6 Å². The highest BCUT2D eigenvalue weighted by atomic mass is 16.7. The molecule has 2 bridgehead atoms. The first kappa shape index (κ1) is 69.7. The number of carbonyl (C=O) groups excluding carboxylic acids is 2. The molecule has 0 aromatic heterocycles. The first-order valence-corrected chi connectivity index (χ1v) is 28.3. The lowest BCUT2D eigenvalue weighted by molar-refractivity contribution is -0.311. The monoisotopic (exact) mass is 1120 g/mol. The van der Waals surface area contributed by atoms with Gasteiger partial charge >= 0.3 is 5.97 Å². The largest absolute Gasteiger partial charge is 0.462 e. The van der Waals surface area contributed by atoms with E-state index in [-0.39, 0.29) is 38.1 Å². The summed E-state index contributed by atoms with van der Waals surface area (Å²) in [5, 5.41) is 116. The zero-order chi connectivity index (χ0) is 58.7. The SMILES string of the molecule is C[C@@H]1[C@H](O)[C@@H](C)/C=C/C=C/C=C/C=C/C=C/C=C/C=C/[C@H](O[C@@H]2O[C@H](C)[C@@H](O)[C@H](N(CCCN)CCCN)[C@@H]2O)CC2O[C@](O)(C[C@@H](O)C[C@@H](O)[C@H](O)CC[C@@H](O)C[C@@H](O)CC(=O)O[C@H]1C)C[C@H](O)[C@H]2C(=O)NCCCN(C)C. The average molecular weight is 1120 g/mol. The van der Waals surface area contributed by atoms with Gasteiger partial charge in [-0.3, -0.25) is 14.5 Å². The predicted octanol–water partition coefficient (Wildman–Crippen LogP) is 0.736. The minimum atomic E-state index is -2.28. The lowest BCUT2D eigenvalue weighted by Crippen LogP contribution is -2.64. The van der Waals surface area contributed by atoms with Gasteiger partial charge in [0.1, 0.15) is 12.2 Å². The number of amides is 1. The van der Waals surface area contributed by atoms with Gasteiger partial charge in [0, 0.05) is 44.1 Å². The molecule has 2 fully saturated rings. The maximum atomic E-state index is 14.1. The second kappa shape index (κ2) is 36.8. The number of carbonyl (C=O) groups is 2. The van der Waals surface area contributed by atoms with E-state index in [2.05, 4.69) is 5.32 Å². The molecule has 21 nitrogen and oxygen atoms in total. The summed E-state index contributed by atoms with van der Waals surface area (Å²) in [6.07, 6.45) is 6.96. The van der Waals surface area contributed by atoms with Crippen molar-refractivity contribution in [3.05, 3.63) is 85.1 Å². The Labute approximate surface area is 468 Å². The smallest absolute Gasteiger partial charge is 0.308 e. The summed E-state index contributed by atoms with van der Waals surface area (Å²) in [7, 11) is 3.79. The molecular weight excluding hydrogens is 1020 g/mol. The van der Waals surface area contributed by atoms with E-state index in [4.69, 9.17) is 30.4 Å². The maximum absolute atomic E-state index is 14.1. The van der Waals surface area contributed by atoms with E-state index in [0.29, 0.717) is 52.0 Å². The van der Waals surface area contributed by atoms with E-state index in [1.54, 1.807) is 51.2 Å². The zero-order valence-corrected chi connectivity index (χ0v) is 47.5. The minimum Gasteiger partial charge on any atom is -0.462 e. The van der Waals surface area contributed by atoms with Crippen molar-refractivity contribution in [2.75, 3.05) is 53.4 Å². The van der Waals surface area contributed by atoms with E-state index < -0.39 is 147 Å². The maximum Gasteiger partial charge on any atom is 0.308 e. The average Bonchev–Trinajstić information content (AvgIpc) is 3.46. The second-order valence-corrected chi connectivity index (χ2v) is 21.9. The number of fused-ring (bicyclic) bond motifs is 2. The van der Waals surface area contributed by atoms with Crippen LogP contribution in [0, 0.1) is 17.8 Å². The molecule has 0 aromatic carbocycles. The number of aliphatic hydroxyl groups is 10. The Kier molecular flexibility index (Phi) is 32.5. The predicted molar refractivity (Wildman–Crippen MR) is 300 cm³/mol. The molecule has 0 aliphatic carbocycles. The fraction of sp³-hybridized carbons (Fsp3) is 0.724. The van der Waals surface area contributed by atoms with Crippen LogP contribution >= 0.6 is 0 Å². The molecular formula is C58H99N5O16. The summed E-state index contributed by atoms with van der Waals surface area (Å²) < 4.78 is 24.6. The molecule has 452 valence electrons. The molecule has 2 saturated heterocycles. The van der Waals surface area contributed by atoms with Crippen LogP contribution in [0.25, 0.3) is 0 Å². The Morgan fingerprint density at radius 2 is 1.25 bits per heavy atom. The van der Waals surface area contributed by atoms with Gasteiger partial charge in [-0.25, -0.2) is 0 Å².